The van der Waals surface area contributed by atoms with Crippen molar-refractivity contribution in [2.45, 2.75) is 70.4 Å². The zero-order valence-corrected chi connectivity index (χ0v) is 10.6. The maximum absolute atomic E-state index is 5.76. The highest BCUT2D eigenvalue weighted by Gasteiger charge is 2.43. The molecule has 1 saturated carbocycles. The highest BCUT2D eigenvalue weighted by molar-refractivity contribution is 4.99. The molecule has 0 spiro atoms. The first kappa shape index (κ1) is 13.0. The van der Waals surface area contributed by atoms with Crippen LogP contribution in [0.3, 0.4) is 0 Å². The molecule has 2 nitrogen and oxygen atoms in total. The van der Waals surface area contributed by atoms with E-state index in [0.717, 1.165) is 6.54 Å². The van der Waals surface area contributed by atoms with Gasteiger partial charge in [-0.1, -0.05) is 33.1 Å². The van der Waals surface area contributed by atoms with Crippen molar-refractivity contribution in [1.29, 1.82) is 0 Å². The summed E-state index contributed by atoms with van der Waals surface area (Å²) in [6.07, 6.45) is 9.08. The van der Waals surface area contributed by atoms with E-state index in [2.05, 4.69) is 19.2 Å². The molecule has 1 aliphatic carbocycles. The molecule has 0 heterocycles. The molecule has 0 amide bonds. The minimum atomic E-state index is 0.170. The average Bonchev–Trinajstić information content (AvgIpc) is 2.17. The van der Waals surface area contributed by atoms with Crippen LogP contribution in [0.2, 0.25) is 0 Å². The number of hydrogen-bond donors (Lipinski definition) is 1. The molecule has 0 aromatic rings. The topological polar surface area (TPSA) is 21.3 Å². The Labute approximate surface area is 94.8 Å². The van der Waals surface area contributed by atoms with E-state index < -0.39 is 0 Å². The Balaban J connectivity index is 2.40. The fourth-order valence-electron chi connectivity index (χ4n) is 2.62. The lowest BCUT2D eigenvalue weighted by Crippen LogP contribution is -2.56. The molecule has 1 N–H and O–H groups in total. The van der Waals surface area contributed by atoms with Gasteiger partial charge in [0.1, 0.15) is 0 Å². The Morgan fingerprint density at radius 1 is 1.27 bits per heavy atom. The molecule has 15 heavy (non-hydrogen) atoms. The fourth-order valence-corrected chi connectivity index (χ4v) is 2.62. The zero-order chi connectivity index (χ0) is 11.1. The van der Waals surface area contributed by atoms with Gasteiger partial charge in [-0.15, -0.1) is 0 Å². The number of hydrogen-bond acceptors (Lipinski definition) is 2. The molecule has 0 bridgehead atoms. The van der Waals surface area contributed by atoms with Crippen LogP contribution in [-0.4, -0.2) is 25.3 Å². The third kappa shape index (κ3) is 3.18. The maximum Gasteiger partial charge on any atom is 0.0831 e. The van der Waals surface area contributed by atoms with E-state index in [9.17, 15) is 0 Å². The van der Waals surface area contributed by atoms with Gasteiger partial charge in [-0.05, 0) is 32.2 Å². The largest absolute Gasteiger partial charge is 0.377 e. The molecular weight excluding hydrogens is 186 g/mol. The summed E-state index contributed by atoms with van der Waals surface area (Å²) >= 11 is 0. The molecule has 0 aliphatic heterocycles. The summed E-state index contributed by atoms with van der Waals surface area (Å²) in [5, 5.41) is 3.61. The summed E-state index contributed by atoms with van der Waals surface area (Å²) in [5.74, 6) is 0. The summed E-state index contributed by atoms with van der Waals surface area (Å²) in [4.78, 5) is 0. The van der Waals surface area contributed by atoms with E-state index in [1.807, 2.05) is 7.11 Å². The van der Waals surface area contributed by atoms with E-state index in [0.29, 0.717) is 6.04 Å². The van der Waals surface area contributed by atoms with Gasteiger partial charge >= 0.3 is 0 Å². The molecule has 1 unspecified atom stereocenters. The first-order chi connectivity index (χ1) is 7.29. The van der Waals surface area contributed by atoms with Crippen molar-refractivity contribution in [1.82, 2.24) is 5.32 Å². The number of unbranched alkanes of at least 4 members (excludes halogenated alkanes) is 2. The van der Waals surface area contributed by atoms with Crippen molar-refractivity contribution in [3.05, 3.63) is 0 Å². The van der Waals surface area contributed by atoms with Gasteiger partial charge in [0.25, 0.3) is 0 Å². The second-order valence-electron chi connectivity index (χ2n) is 4.73. The van der Waals surface area contributed by atoms with E-state index in [1.165, 1.54) is 44.9 Å². The van der Waals surface area contributed by atoms with Gasteiger partial charge in [0.05, 0.1) is 5.60 Å². The van der Waals surface area contributed by atoms with Crippen molar-refractivity contribution in [2.24, 2.45) is 0 Å². The summed E-state index contributed by atoms with van der Waals surface area (Å²) in [7, 11) is 1.88. The van der Waals surface area contributed by atoms with Crippen molar-refractivity contribution >= 4 is 0 Å². The quantitative estimate of drug-likeness (QED) is 0.626. The number of ether oxygens (including phenoxy) is 1. The number of likely N-dealkylation sites (N-methyl/N-ethyl adjacent to an activating group) is 1. The minimum Gasteiger partial charge on any atom is -0.377 e. The van der Waals surface area contributed by atoms with Crippen LogP contribution in [0.5, 0.6) is 0 Å². The second kappa shape index (κ2) is 6.49. The molecule has 1 fully saturated rings. The highest BCUT2D eigenvalue weighted by Crippen LogP contribution is 2.39. The van der Waals surface area contributed by atoms with Crippen LogP contribution in [0.25, 0.3) is 0 Å². The van der Waals surface area contributed by atoms with Crippen LogP contribution in [0.4, 0.5) is 0 Å². The van der Waals surface area contributed by atoms with Gasteiger partial charge in [0, 0.05) is 13.2 Å². The summed E-state index contributed by atoms with van der Waals surface area (Å²) in [5.41, 5.74) is 0.170. The summed E-state index contributed by atoms with van der Waals surface area (Å²) < 4.78 is 5.76. The van der Waals surface area contributed by atoms with Gasteiger partial charge in [-0.2, -0.15) is 0 Å². The lowest BCUT2D eigenvalue weighted by Gasteiger charge is -2.47. The first-order valence-electron chi connectivity index (χ1n) is 6.57. The zero-order valence-electron chi connectivity index (χ0n) is 10.6. The van der Waals surface area contributed by atoms with Crippen molar-refractivity contribution in [3.63, 3.8) is 0 Å². The van der Waals surface area contributed by atoms with E-state index in [1.54, 1.807) is 0 Å². The highest BCUT2D eigenvalue weighted by atomic mass is 16.5. The van der Waals surface area contributed by atoms with Crippen molar-refractivity contribution < 1.29 is 4.74 Å². The minimum absolute atomic E-state index is 0.170. The molecule has 1 aliphatic rings. The Bertz CT molecular complexity index is 160. The third-order valence-electron chi connectivity index (χ3n) is 3.79. The average molecular weight is 213 g/mol. The molecule has 2 heteroatoms. The standard InChI is InChI=1S/C13H27NO/c1-4-6-7-9-12(14-5-2)13(15-3)10-8-11-13/h12,14H,4-11H2,1-3H3. The van der Waals surface area contributed by atoms with Crippen molar-refractivity contribution in [2.75, 3.05) is 13.7 Å². The molecule has 0 aromatic heterocycles. The maximum atomic E-state index is 5.76. The predicted molar refractivity (Wildman–Crippen MR) is 65.2 cm³/mol. The van der Waals surface area contributed by atoms with Crippen molar-refractivity contribution in [3.8, 4) is 0 Å². The number of nitrogens with one attached hydrogen (secondary N) is 1. The molecular formula is C13H27NO. The molecule has 0 aromatic carbocycles. The number of rotatable bonds is 8. The lowest BCUT2D eigenvalue weighted by atomic mass is 9.73. The van der Waals surface area contributed by atoms with Crippen LogP contribution in [0.15, 0.2) is 0 Å². The molecule has 90 valence electrons. The van der Waals surface area contributed by atoms with E-state index in [4.69, 9.17) is 4.74 Å². The van der Waals surface area contributed by atoms with Gasteiger partial charge in [0.2, 0.25) is 0 Å². The SMILES string of the molecule is CCCCCC(NCC)C1(OC)CCC1. The van der Waals surface area contributed by atoms with Crippen LogP contribution in [0, 0.1) is 0 Å². The van der Waals surface area contributed by atoms with Crippen LogP contribution in [0.1, 0.15) is 58.8 Å². The molecule has 1 rings (SSSR count). The van der Waals surface area contributed by atoms with Gasteiger partial charge in [0.15, 0.2) is 0 Å². The van der Waals surface area contributed by atoms with Crippen LogP contribution >= 0.6 is 0 Å². The van der Waals surface area contributed by atoms with Gasteiger partial charge in [-0.3, -0.25) is 0 Å². The Morgan fingerprint density at radius 2 is 2.00 bits per heavy atom. The Hall–Kier alpha value is -0.0800. The smallest absolute Gasteiger partial charge is 0.0831 e. The molecule has 0 saturated heterocycles. The fraction of sp³-hybridized carbons (Fsp3) is 1.00. The van der Waals surface area contributed by atoms with Gasteiger partial charge in [-0.25, -0.2) is 0 Å². The van der Waals surface area contributed by atoms with Crippen LogP contribution < -0.4 is 5.32 Å². The third-order valence-corrected chi connectivity index (χ3v) is 3.79. The molecule has 0 radical (unpaired) electrons. The van der Waals surface area contributed by atoms with Crippen LogP contribution in [-0.2, 0) is 4.74 Å². The summed E-state index contributed by atoms with van der Waals surface area (Å²) in [6.45, 7) is 5.51. The molecule has 1 atom stereocenters. The van der Waals surface area contributed by atoms with Gasteiger partial charge < -0.3 is 10.1 Å². The summed E-state index contributed by atoms with van der Waals surface area (Å²) in [6, 6.07) is 0.577. The normalized spacial score (nSPS) is 21.0. The number of methoxy groups -OCH3 is 1. The Kier molecular flexibility index (Phi) is 5.62. The predicted octanol–water partition coefficient (Wildman–Crippen LogP) is 3.11. The first-order valence-corrected chi connectivity index (χ1v) is 6.57. The van der Waals surface area contributed by atoms with E-state index in [-0.39, 0.29) is 5.60 Å². The second-order valence-corrected chi connectivity index (χ2v) is 4.73. The lowest BCUT2D eigenvalue weighted by molar-refractivity contribution is -0.1000. The monoisotopic (exact) mass is 213 g/mol. The van der Waals surface area contributed by atoms with E-state index >= 15 is 0 Å². The Morgan fingerprint density at radius 3 is 2.40 bits per heavy atom.